The van der Waals surface area contributed by atoms with Gasteiger partial charge in [0.2, 0.25) is 0 Å². The number of para-hydroxylation sites is 2. The van der Waals surface area contributed by atoms with Gasteiger partial charge in [0.05, 0.1) is 44.5 Å². The maximum Gasteiger partial charge on any atom is 0.275 e. The van der Waals surface area contributed by atoms with Crippen molar-refractivity contribution in [2.24, 2.45) is 0 Å². The first-order valence-electron chi connectivity index (χ1n) is 9.82. The van der Waals surface area contributed by atoms with E-state index < -0.39 is 0 Å². The number of hydrogen-bond donors (Lipinski definition) is 2. The average Bonchev–Trinajstić information content (AvgIpc) is 2.70. The second-order valence-electron chi connectivity index (χ2n) is 7.01. The number of rotatable bonds is 7. The number of nitrogens with zero attached hydrogens (tertiary/aromatic N) is 1. The number of ether oxygens (including phenoxy) is 1. The van der Waals surface area contributed by atoms with E-state index in [9.17, 15) is 4.79 Å². The lowest BCUT2D eigenvalue weighted by Crippen LogP contribution is -3.15. The lowest BCUT2D eigenvalue weighted by Gasteiger charge is -2.34. The summed E-state index contributed by atoms with van der Waals surface area (Å²) in [6.07, 6.45) is 0. The molecule has 0 spiro atoms. The highest BCUT2D eigenvalue weighted by Crippen LogP contribution is 2.27. The Morgan fingerprint density at radius 3 is 2.48 bits per heavy atom. The van der Waals surface area contributed by atoms with Crippen molar-refractivity contribution in [2.45, 2.75) is 19.9 Å². The van der Waals surface area contributed by atoms with Gasteiger partial charge in [0, 0.05) is 0 Å². The normalized spacial score (nSPS) is 16.0. The first kappa shape index (κ1) is 19.2. The zero-order valence-corrected chi connectivity index (χ0v) is 16.3. The molecule has 1 amide bonds. The fraction of sp³-hybridized carbons (Fsp3) is 0.409. The summed E-state index contributed by atoms with van der Waals surface area (Å²) in [7, 11) is 0. The predicted octanol–water partition coefficient (Wildman–Crippen LogP) is 1.67. The van der Waals surface area contributed by atoms with Crippen molar-refractivity contribution >= 4 is 11.6 Å². The minimum Gasteiger partial charge on any atom is -0.492 e. The molecular weight excluding hydrogens is 338 g/mol. The van der Waals surface area contributed by atoms with E-state index in [4.69, 9.17) is 4.74 Å². The van der Waals surface area contributed by atoms with Gasteiger partial charge in [0.25, 0.3) is 5.91 Å². The molecule has 1 aliphatic heterocycles. The van der Waals surface area contributed by atoms with Crippen LogP contribution in [0.2, 0.25) is 0 Å². The third-order valence-corrected chi connectivity index (χ3v) is 5.06. The van der Waals surface area contributed by atoms with E-state index in [1.165, 1.54) is 4.90 Å². The Bertz CT molecular complexity index is 727. The zero-order valence-electron chi connectivity index (χ0n) is 16.3. The van der Waals surface area contributed by atoms with Crippen LogP contribution in [0, 0.1) is 0 Å². The van der Waals surface area contributed by atoms with Gasteiger partial charge in [0.1, 0.15) is 5.75 Å². The summed E-state index contributed by atoms with van der Waals surface area (Å²) in [6.45, 7) is 9.00. The molecule has 0 aromatic heterocycles. The van der Waals surface area contributed by atoms with E-state index in [0.717, 1.165) is 43.2 Å². The Balaban J connectivity index is 1.49. The lowest BCUT2D eigenvalue weighted by atomic mass is 10.1. The fourth-order valence-corrected chi connectivity index (χ4v) is 3.58. The maximum atomic E-state index is 12.4. The summed E-state index contributed by atoms with van der Waals surface area (Å²) in [4.78, 5) is 16.1. The number of benzene rings is 2. The van der Waals surface area contributed by atoms with Gasteiger partial charge in [-0.15, -0.1) is 0 Å². The first-order chi connectivity index (χ1) is 13.2. The van der Waals surface area contributed by atoms with Crippen molar-refractivity contribution in [3.63, 3.8) is 0 Å². The van der Waals surface area contributed by atoms with Gasteiger partial charge in [-0.05, 0) is 31.5 Å². The van der Waals surface area contributed by atoms with Gasteiger partial charge in [-0.2, -0.15) is 0 Å². The van der Waals surface area contributed by atoms with Crippen LogP contribution < -0.4 is 19.9 Å². The molecule has 144 valence electrons. The molecule has 1 aliphatic rings. The molecule has 1 heterocycles. The van der Waals surface area contributed by atoms with Crippen LogP contribution >= 0.6 is 0 Å². The standard InChI is InChI=1S/C22H29N3O2/c1-3-27-21-12-8-7-11-20(21)25-15-13-24(14-16-25)17-22(26)23-18(2)19-9-5-4-6-10-19/h4-12,18H,3,13-17H2,1-2H3,(H,23,26)/p+1/t18-/m0/s1. The molecule has 1 atom stereocenters. The summed E-state index contributed by atoms with van der Waals surface area (Å²) in [5.41, 5.74) is 2.29. The molecule has 2 aromatic carbocycles. The van der Waals surface area contributed by atoms with E-state index in [-0.39, 0.29) is 11.9 Å². The lowest BCUT2D eigenvalue weighted by molar-refractivity contribution is -0.892. The van der Waals surface area contributed by atoms with Crippen LogP contribution in [0.15, 0.2) is 54.6 Å². The summed E-state index contributed by atoms with van der Waals surface area (Å²) in [6, 6.07) is 18.3. The molecule has 27 heavy (non-hydrogen) atoms. The Kier molecular flexibility index (Phi) is 6.71. The van der Waals surface area contributed by atoms with Crippen LogP contribution in [-0.2, 0) is 4.79 Å². The smallest absolute Gasteiger partial charge is 0.275 e. The highest BCUT2D eigenvalue weighted by Gasteiger charge is 2.24. The summed E-state index contributed by atoms with van der Waals surface area (Å²) < 4.78 is 5.75. The first-order valence-corrected chi connectivity index (χ1v) is 9.82. The number of quaternary nitrogens is 1. The molecule has 1 saturated heterocycles. The molecule has 5 nitrogen and oxygen atoms in total. The third kappa shape index (κ3) is 5.23. The summed E-state index contributed by atoms with van der Waals surface area (Å²) in [5.74, 6) is 1.06. The minimum atomic E-state index is 0.0393. The van der Waals surface area contributed by atoms with Crippen LogP contribution in [0.3, 0.4) is 0 Å². The van der Waals surface area contributed by atoms with E-state index in [0.29, 0.717) is 13.2 Å². The number of nitrogens with one attached hydrogen (secondary N) is 2. The molecule has 0 bridgehead atoms. The second-order valence-corrected chi connectivity index (χ2v) is 7.01. The van der Waals surface area contributed by atoms with Crippen LogP contribution in [0.25, 0.3) is 0 Å². The molecule has 2 aromatic rings. The summed E-state index contributed by atoms with van der Waals surface area (Å²) >= 11 is 0. The second kappa shape index (κ2) is 9.42. The van der Waals surface area contributed by atoms with Gasteiger partial charge >= 0.3 is 0 Å². The average molecular weight is 369 g/mol. The largest absolute Gasteiger partial charge is 0.492 e. The number of anilines is 1. The van der Waals surface area contributed by atoms with Crippen molar-refractivity contribution in [3.8, 4) is 5.75 Å². The number of hydrogen-bond acceptors (Lipinski definition) is 3. The SMILES string of the molecule is CCOc1ccccc1N1CC[NH+](CC(=O)N[C@@H](C)c2ccccc2)CC1. The van der Waals surface area contributed by atoms with Gasteiger partial charge in [-0.25, -0.2) is 0 Å². The van der Waals surface area contributed by atoms with Crippen LogP contribution in [-0.4, -0.2) is 45.2 Å². The van der Waals surface area contributed by atoms with E-state index in [2.05, 4.69) is 22.3 Å². The Morgan fingerprint density at radius 1 is 1.11 bits per heavy atom. The quantitative estimate of drug-likeness (QED) is 0.782. The predicted molar refractivity (Wildman–Crippen MR) is 108 cm³/mol. The molecular formula is C22H30N3O2+. The number of amides is 1. The van der Waals surface area contributed by atoms with Gasteiger partial charge in [-0.1, -0.05) is 42.5 Å². The Labute approximate surface area is 161 Å². The van der Waals surface area contributed by atoms with E-state index in [1.807, 2.05) is 56.3 Å². The number of piperazine rings is 1. The molecule has 0 aliphatic carbocycles. The molecule has 0 radical (unpaired) electrons. The van der Waals surface area contributed by atoms with Crippen molar-refractivity contribution in [1.82, 2.24) is 5.32 Å². The zero-order chi connectivity index (χ0) is 19.1. The van der Waals surface area contributed by atoms with Crippen LogP contribution in [0.1, 0.15) is 25.5 Å². The molecule has 1 fully saturated rings. The monoisotopic (exact) mass is 368 g/mol. The topological polar surface area (TPSA) is 46.0 Å². The van der Waals surface area contributed by atoms with Crippen molar-refractivity contribution in [1.29, 1.82) is 0 Å². The van der Waals surface area contributed by atoms with Crippen LogP contribution in [0.5, 0.6) is 5.75 Å². The van der Waals surface area contributed by atoms with Crippen molar-refractivity contribution in [2.75, 3.05) is 44.2 Å². The Hall–Kier alpha value is -2.53. The van der Waals surface area contributed by atoms with Crippen molar-refractivity contribution < 1.29 is 14.4 Å². The third-order valence-electron chi connectivity index (χ3n) is 5.06. The van der Waals surface area contributed by atoms with E-state index in [1.54, 1.807) is 0 Å². The fourth-order valence-electron chi connectivity index (χ4n) is 3.58. The highest BCUT2D eigenvalue weighted by atomic mass is 16.5. The van der Waals surface area contributed by atoms with Gasteiger partial charge in [-0.3, -0.25) is 4.79 Å². The molecule has 2 N–H and O–H groups in total. The summed E-state index contributed by atoms with van der Waals surface area (Å²) in [5, 5.41) is 3.12. The van der Waals surface area contributed by atoms with E-state index >= 15 is 0 Å². The molecule has 3 rings (SSSR count). The Morgan fingerprint density at radius 2 is 1.78 bits per heavy atom. The molecule has 0 unspecified atom stereocenters. The molecule has 5 heteroatoms. The van der Waals surface area contributed by atoms with Crippen molar-refractivity contribution in [3.05, 3.63) is 60.2 Å². The highest BCUT2D eigenvalue weighted by molar-refractivity contribution is 5.77. The van der Waals surface area contributed by atoms with Gasteiger partial charge < -0.3 is 19.9 Å². The number of carbonyl (C=O) groups is 1. The minimum absolute atomic E-state index is 0.0393. The number of carbonyl (C=O) groups excluding carboxylic acids is 1. The molecule has 0 saturated carbocycles. The van der Waals surface area contributed by atoms with Crippen LogP contribution in [0.4, 0.5) is 5.69 Å². The van der Waals surface area contributed by atoms with Gasteiger partial charge in [0.15, 0.2) is 6.54 Å². The maximum absolute atomic E-state index is 12.4.